The van der Waals surface area contributed by atoms with Gasteiger partial charge in [-0.3, -0.25) is 0 Å². The van der Waals surface area contributed by atoms with E-state index in [-0.39, 0.29) is 0 Å². The molecule has 0 heterocycles. The van der Waals surface area contributed by atoms with Gasteiger partial charge in [0, 0.05) is 5.57 Å². The van der Waals surface area contributed by atoms with Crippen LogP contribution in [0.1, 0.15) is 87.0 Å². The first-order valence-corrected chi connectivity index (χ1v) is 12.2. The summed E-state index contributed by atoms with van der Waals surface area (Å²) in [5, 5.41) is 0. The molecular formula is C32H44. The highest BCUT2D eigenvalue weighted by molar-refractivity contribution is 5.46. The molecule has 1 saturated carbocycles. The molecule has 0 radical (unpaired) electrons. The van der Waals surface area contributed by atoms with Crippen LogP contribution in [0.2, 0.25) is 0 Å². The van der Waals surface area contributed by atoms with Gasteiger partial charge in [-0.1, -0.05) is 93.9 Å². The molecule has 0 aliphatic heterocycles. The second-order valence-corrected chi connectivity index (χ2v) is 11.5. The molecule has 0 saturated heterocycles. The van der Waals surface area contributed by atoms with Crippen molar-refractivity contribution in [2.45, 2.75) is 87.0 Å². The van der Waals surface area contributed by atoms with Gasteiger partial charge in [0.15, 0.2) is 0 Å². The van der Waals surface area contributed by atoms with Crippen LogP contribution in [0.15, 0.2) is 82.5 Å². The van der Waals surface area contributed by atoms with E-state index in [0.29, 0.717) is 16.7 Å². The Kier molecular flexibility index (Phi) is 8.98. The van der Waals surface area contributed by atoms with Crippen LogP contribution in [0.3, 0.4) is 0 Å². The van der Waals surface area contributed by atoms with E-state index in [1.54, 1.807) is 0 Å². The molecule has 0 spiro atoms. The van der Waals surface area contributed by atoms with Crippen molar-refractivity contribution in [2.75, 3.05) is 0 Å². The quantitative estimate of drug-likeness (QED) is 0.280. The number of hydrogen-bond donors (Lipinski definition) is 0. The molecule has 0 nitrogen and oxygen atoms in total. The van der Waals surface area contributed by atoms with Gasteiger partial charge in [-0.15, -0.1) is 6.42 Å². The van der Waals surface area contributed by atoms with Crippen molar-refractivity contribution in [1.29, 1.82) is 0 Å². The standard InChI is InChI=1S/C32H44/c1-10-12-13-30(24(3)4)25(5)20-28(19-18-27-16-14-26(11-2)15-17-27)29-21-31(6,7)23-32(8,9)22-29/h2,10,12-14,16,19-20,29H,1,15,17-18,21-23H2,3-9H3/b13-12-,25-20+,28-19+. The van der Waals surface area contributed by atoms with Crippen LogP contribution in [0.4, 0.5) is 0 Å². The summed E-state index contributed by atoms with van der Waals surface area (Å²) in [7, 11) is 0. The second kappa shape index (κ2) is 11.0. The van der Waals surface area contributed by atoms with Crippen LogP contribution in [-0.2, 0) is 0 Å². The molecule has 0 amide bonds. The van der Waals surface area contributed by atoms with Gasteiger partial charge in [0.25, 0.3) is 0 Å². The van der Waals surface area contributed by atoms with Crippen LogP contribution < -0.4 is 0 Å². The van der Waals surface area contributed by atoms with Crippen LogP contribution in [0, 0.1) is 29.1 Å². The SMILES string of the molecule is C#CC1=CC=C(C/C=C(\C=C(/C)C(/C=C\C=C)=C(C)C)C2CC(C)(C)CC(C)(C)C2)CC1. The monoisotopic (exact) mass is 428 g/mol. The van der Waals surface area contributed by atoms with E-state index in [0.717, 1.165) is 24.8 Å². The van der Waals surface area contributed by atoms with E-state index in [2.05, 4.69) is 91.3 Å². The zero-order valence-corrected chi connectivity index (χ0v) is 21.6. The molecule has 2 aliphatic rings. The summed E-state index contributed by atoms with van der Waals surface area (Å²) >= 11 is 0. The van der Waals surface area contributed by atoms with Crippen LogP contribution in [0.5, 0.6) is 0 Å². The summed E-state index contributed by atoms with van der Waals surface area (Å²) in [5.41, 5.74) is 8.81. The number of allylic oxidation sites excluding steroid dienone is 13. The smallest absolute Gasteiger partial charge is 0.00207 e. The van der Waals surface area contributed by atoms with Gasteiger partial charge in [-0.2, -0.15) is 0 Å². The van der Waals surface area contributed by atoms with Gasteiger partial charge >= 0.3 is 0 Å². The first-order chi connectivity index (χ1) is 15.0. The van der Waals surface area contributed by atoms with Crippen LogP contribution in [-0.4, -0.2) is 0 Å². The fourth-order valence-corrected chi connectivity index (χ4v) is 5.83. The molecule has 0 heteroatoms. The summed E-state index contributed by atoms with van der Waals surface area (Å²) in [6, 6.07) is 0. The topological polar surface area (TPSA) is 0 Å². The number of rotatable bonds is 7. The fraction of sp³-hybridized carbons (Fsp3) is 0.500. The molecule has 1 fully saturated rings. The molecule has 2 rings (SSSR count). The Balaban J connectivity index is 2.45. The Hall–Kier alpha value is -2.26. The fourth-order valence-electron chi connectivity index (χ4n) is 5.83. The average Bonchev–Trinajstić information content (AvgIpc) is 2.69. The molecule has 0 aromatic carbocycles. The van der Waals surface area contributed by atoms with Crippen LogP contribution in [0.25, 0.3) is 0 Å². The molecule has 2 aliphatic carbocycles. The third-order valence-corrected chi connectivity index (χ3v) is 6.79. The summed E-state index contributed by atoms with van der Waals surface area (Å²) in [6.45, 7) is 20.3. The third kappa shape index (κ3) is 7.70. The summed E-state index contributed by atoms with van der Waals surface area (Å²) in [5.74, 6) is 3.39. The van der Waals surface area contributed by atoms with Crippen LogP contribution >= 0.6 is 0 Å². The van der Waals surface area contributed by atoms with Crippen molar-refractivity contribution >= 4 is 0 Å². The first kappa shape index (κ1) is 26.0. The highest BCUT2D eigenvalue weighted by Gasteiger charge is 2.39. The van der Waals surface area contributed by atoms with E-state index in [1.165, 1.54) is 47.1 Å². The van der Waals surface area contributed by atoms with Gasteiger partial charge < -0.3 is 0 Å². The van der Waals surface area contributed by atoms with Gasteiger partial charge in [-0.25, -0.2) is 0 Å². The molecular weight excluding hydrogens is 384 g/mol. The Bertz CT molecular complexity index is 905. The maximum atomic E-state index is 5.58. The third-order valence-electron chi connectivity index (χ3n) is 6.79. The molecule has 0 aromatic rings. The molecule has 0 N–H and O–H groups in total. The molecule has 172 valence electrons. The molecule has 0 aromatic heterocycles. The van der Waals surface area contributed by atoms with Crippen molar-refractivity contribution < 1.29 is 0 Å². The van der Waals surface area contributed by atoms with E-state index >= 15 is 0 Å². The van der Waals surface area contributed by atoms with E-state index in [4.69, 9.17) is 6.42 Å². The van der Waals surface area contributed by atoms with Crippen molar-refractivity contribution in [1.82, 2.24) is 0 Å². The second-order valence-electron chi connectivity index (χ2n) is 11.5. The van der Waals surface area contributed by atoms with Gasteiger partial charge in [0.05, 0.1) is 0 Å². The van der Waals surface area contributed by atoms with Crippen molar-refractivity contribution in [3.63, 3.8) is 0 Å². The minimum absolute atomic E-state index is 0.365. The highest BCUT2D eigenvalue weighted by atomic mass is 14.4. The van der Waals surface area contributed by atoms with Crippen molar-refractivity contribution in [2.24, 2.45) is 16.7 Å². The number of terminal acetylenes is 1. The van der Waals surface area contributed by atoms with Crippen molar-refractivity contribution in [3.05, 3.63) is 82.5 Å². The Morgan fingerprint density at radius 1 is 1.09 bits per heavy atom. The molecule has 0 bridgehead atoms. The van der Waals surface area contributed by atoms with E-state index < -0.39 is 0 Å². The normalized spacial score (nSPS) is 21.6. The van der Waals surface area contributed by atoms with Gasteiger partial charge in [-0.05, 0) is 92.8 Å². The largest absolute Gasteiger partial charge is 0.115 e. The Morgan fingerprint density at radius 3 is 2.25 bits per heavy atom. The molecule has 32 heavy (non-hydrogen) atoms. The summed E-state index contributed by atoms with van der Waals surface area (Å²) in [4.78, 5) is 0. The Labute approximate surface area is 198 Å². The number of hydrogen-bond acceptors (Lipinski definition) is 0. The lowest BCUT2D eigenvalue weighted by Gasteiger charge is -2.45. The minimum atomic E-state index is 0.365. The van der Waals surface area contributed by atoms with Gasteiger partial charge in [0.2, 0.25) is 0 Å². The van der Waals surface area contributed by atoms with Crippen molar-refractivity contribution in [3.8, 4) is 12.3 Å². The predicted octanol–water partition coefficient (Wildman–Crippen LogP) is 9.46. The Morgan fingerprint density at radius 2 is 1.75 bits per heavy atom. The lowest BCUT2D eigenvalue weighted by atomic mass is 9.60. The minimum Gasteiger partial charge on any atom is -0.115 e. The van der Waals surface area contributed by atoms with E-state index in [1.807, 2.05) is 12.2 Å². The zero-order valence-electron chi connectivity index (χ0n) is 21.6. The maximum Gasteiger partial charge on any atom is 0.00207 e. The summed E-state index contributed by atoms with van der Waals surface area (Å²) in [6.07, 6.45) is 27.9. The molecule has 0 atom stereocenters. The lowest BCUT2D eigenvalue weighted by molar-refractivity contribution is 0.0830. The first-order valence-electron chi connectivity index (χ1n) is 12.2. The predicted molar refractivity (Wildman–Crippen MR) is 143 cm³/mol. The van der Waals surface area contributed by atoms with Gasteiger partial charge in [0.1, 0.15) is 0 Å². The average molecular weight is 429 g/mol. The highest BCUT2D eigenvalue weighted by Crippen LogP contribution is 2.50. The lowest BCUT2D eigenvalue weighted by Crippen LogP contribution is -2.34. The molecule has 0 unspecified atom stereocenters. The van der Waals surface area contributed by atoms with E-state index in [9.17, 15) is 0 Å². The zero-order chi connectivity index (χ0) is 23.9. The summed E-state index contributed by atoms with van der Waals surface area (Å²) < 4.78 is 0. The maximum absolute atomic E-state index is 5.58.